The number of hydrogen-bond acceptors (Lipinski definition) is 6. The number of fused-ring (bicyclic) bond motifs is 1. The van der Waals surface area contributed by atoms with Gasteiger partial charge in [-0.1, -0.05) is 47.7 Å². The second-order valence-corrected chi connectivity index (χ2v) is 10.2. The van der Waals surface area contributed by atoms with Crippen LogP contribution in [0.3, 0.4) is 0 Å². The molecule has 1 atom stereocenters. The zero-order valence-electron chi connectivity index (χ0n) is 19.0. The molecule has 0 bridgehead atoms. The van der Waals surface area contributed by atoms with Crippen molar-refractivity contribution in [3.8, 4) is 10.6 Å². The van der Waals surface area contributed by atoms with Crippen molar-refractivity contribution in [1.82, 2.24) is 14.9 Å². The summed E-state index contributed by atoms with van der Waals surface area (Å²) < 4.78 is 20.1. The summed E-state index contributed by atoms with van der Waals surface area (Å²) >= 11 is 1.41. The summed E-state index contributed by atoms with van der Waals surface area (Å²) in [5.74, 6) is -0.348. The van der Waals surface area contributed by atoms with Crippen LogP contribution in [0.15, 0.2) is 60.7 Å². The lowest BCUT2D eigenvalue weighted by atomic mass is 9.92. The molecule has 178 valence electrons. The molecule has 0 unspecified atom stereocenters. The van der Waals surface area contributed by atoms with Gasteiger partial charge < -0.3 is 9.84 Å². The number of carboxylic acid groups (broad SMARTS) is 1. The van der Waals surface area contributed by atoms with Crippen LogP contribution in [-0.4, -0.2) is 38.9 Å². The topological polar surface area (TPSA) is 75.6 Å². The Hall–Kier alpha value is -3.36. The average molecular weight is 490 g/mol. The quantitative estimate of drug-likeness (QED) is 0.325. The molecule has 1 saturated carbocycles. The summed E-state index contributed by atoms with van der Waals surface area (Å²) in [5.41, 5.74) is 4.30. The Morgan fingerprint density at radius 2 is 1.97 bits per heavy atom. The fourth-order valence-corrected chi connectivity index (χ4v) is 6.03. The summed E-state index contributed by atoms with van der Waals surface area (Å²) in [7, 11) is 0. The number of pyridine rings is 1. The number of halogens is 1. The zero-order chi connectivity index (χ0) is 24.0. The van der Waals surface area contributed by atoms with Gasteiger partial charge in [-0.05, 0) is 61.1 Å². The van der Waals surface area contributed by atoms with E-state index in [1.165, 1.54) is 23.0 Å². The van der Waals surface area contributed by atoms with Crippen molar-refractivity contribution < 1.29 is 19.0 Å². The fraction of sp³-hybridized carbons (Fsp3) is 0.296. The van der Waals surface area contributed by atoms with E-state index in [0.717, 1.165) is 47.4 Å². The highest BCUT2D eigenvalue weighted by Crippen LogP contribution is 2.53. The van der Waals surface area contributed by atoms with Gasteiger partial charge in [0.2, 0.25) is 0 Å². The second kappa shape index (κ2) is 8.70. The van der Waals surface area contributed by atoms with E-state index in [4.69, 9.17) is 14.8 Å². The number of ether oxygens (including phenoxy) is 1. The normalized spacial score (nSPS) is 19.2. The van der Waals surface area contributed by atoms with E-state index in [2.05, 4.69) is 35.3 Å². The molecular weight excluding hydrogens is 465 g/mol. The van der Waals surface area contributed by atoms with E-state index in [1.807, 2.05) is 23.1 Å². The number of likely N-dealkylation sites (tertiary alicyclic amines) is 1. The van der Waals surface area contributed by atoms with Crippen molar-refractivity contribution in [3.63, 3.8) is 0 Å². The third-order valence-electron chi connectivity index (χ3n) is 7.01. The van der Waals surface area contributed by atoms with E-state index in [9.17, 15) is 4.79 Å². The first kappa shape index (κ1) is 22.1. The number of carbonyl (C=O) groups is 1. The maximum Gasteiger partial charge on any atom is 0.507 e. The molecule has 35 heavy (non-hydrogen) atoms. The van der Waals surface area contributed by atoms with Gasteiger partial charge in [-0.15, -0.1) is 0 Å². The number of thiazole rings is 1. The minimum absolute atomic E-state index is 0.0235. The van der Waals surface area contributed by atoms with Gasteiger partial charge in [0, 0.05) is 24.1 Å². The molecule has 0 spiro atoms. The first-order valence-electron chi connectivity index (χ1n) is 11.8. The van der Waals surface area contributed by atoms with Crippen LogP contribution < -0.4 is 0 Å². The van der Waals surface area contributed by atoms with E-state index in [0.29, 0.717) is 23.5 Å². The van der Waals surface area contributed by atoms with E-state index in [-0.39, 0.29) is 11.2 Å². The standard InChI is InChI=1S/C27H24FN3O3S/c28-20-15-17(16-31-14-4-7-23(31)34-26(32)33)8-9-19(20)24-29-21-10-11-22(30-25(21)35-24)27(12-13-27)18-5-2-1-3-6-18/h1-3,5-6,8-11,15,23H,4,7,12-14,16H2,(H,32,33)/t23-/m0/s1. The van der Waals surface area contributed by atoms with Crippen LogP contribution in [0.4, 0.5) is 9.18 Å². The fourth-order valence-electron chi connectivity index (χ4n) is 5.06. The lowest BCUT2D eigenvalue weighted by Crippen LogP contribution is -2.32. The van der Waals surface area contributed by atoms with Gasteiger partial charge in [0.1, 0.15) is 21.2 Å². The predicted octanol–water partition coefficient (Wildman–Crippen LogP) is 6.19. The van der Waals surface area contributed by atoms with Crippen LogP contribution in [0.25, 0.3) is 20.9 Å². The molecule has 4 aromatic rings. The average Bonchev–Trinajstić information content (AvgIpc) is 3.39. The summed E-state index contributed by atoms with van der Waals surface area (Å²) in [6.07, 6.45) is 1.89. The molecule has 1 N–H and O–H groups in total. The third-order valence-corrected chi connectivity index (χ3v) is 8.01. The van der Waals surface area contributed by atoms with Crippen LogP contribution in [0.5, 0.6) is 0 Å². The summed E-state index contributed by atoms with van der Waals surface area (Å²) in [6, 6.07) is 19.6. The minimum atomic E-state index is -1.28. The number of nitrogens with zero attached hydrogens (tertiary/aromatic N) is 3. The summed E-state index contributed by atoms with van der Waals surface area (Å²) in [4.78, 5) is 23.3. The molecule has 6 nitrogen and oxygen atoms in total. The van der Waals surface area contributed by atoms with Gasteiger partial charge in [0.25, 0.3) is 0 Å². The molecule has 1 saturated heterocycles. The summed E-state index contributed by atoms with van der Waals surface area (Å²) in [5, 5.41) is 9.53. The molecule has 3 heterocycles. The van der Waals surface area contributed by atoms with Crippen LogP contribution in [-0.2, 0) is 16.7 Å². The highest BCUT2D eigenvalue weighted by Gasteiger charge is 2.47. The number of benzene rings is 2. The number of rotatable bonds is 6. The molecule has 8 heteroatoms. The summed E-state index contributed by atoms with van der Waals surface area (Å²) in [6.45, 7) is 1.15. The first-order chi connectivity index (χ1) is 17.0. The molecule has 2 aromatic heterocycles. The third kappa shape index (κ3) is 4.17. The molecular formula is C27H24FN3O3S. The molecule has 0 radical (unpaired) electrons. The smallest absolute Gasteiger partial charge is 0.450 e. The molecule has 6 rings (SSSR count). The van der Waals surface area contributed by atoms with Gasteiger partial charge in [0.05, 0.1) is 5.69 Å². The van der Waals surface area contributed by atoms with Crippen molar-refractivity contribution in [2.24, 2.45) is 0 Å². The van der Waals surface area contributed by atoms with Crippen molar-refractivity contribution in [3.05, 3.63) is 83.3 Å². The maximum absolute atomic E-state index is 15.1. The minimum Gasteiger partial charge on any atom is -0.450 e. The van der Waals surface area contributed by atoms with Crippen molar-refractivity contribution in [2.45, 2.75) is 43.9 Å². The Morgan fingerprint density at radius 3 is 2.71 bits per heavy atom. The van der Waals surface area contributed by atoms with Gasteiger partial charge in [0.15, 0.2) is 6.23 Å². The van der Waals surface area contributed by atoms with Crippen LogP contribution in [0.2, 0.25) is 0 Å². The highest BCUT2D eigenvalue weighted by molar-refractivity contribution is 7.21. The Bertz CT molecular complexity index is 1400. The first-order valence-corrected chi connectivity index (χ1v) is 12.6. The maximum atomic E-state index is 15.1. The van der Waals surface area contributed by atoms with Gasteiger partial charge >= 0.3 is 6.16 Å². The van der Waals surface area contributed by atoms with Crippen LogP contribution in [0.1, 0.15) is 42.5 Å². The highest BCUT2D eigenvalue weighted by atomic mass is 32.1. The second-order valence-electron chi connectivity index (χ2n) is 9.25. The molecule has 1 aliphatic heterocycles. The lowest BCUT2D eigenvalue weighted by Gasteiger charge is -2.23. The monoisotopic (exact) mass is 489 g/mol. The number of aromatic nitrogens is 2. The SMILES string of the molecule is O=C(O)O[C@H]1CCCN1Cc1ccc(-c2nc3ccc(C4(c5ccccc5)CC4)nc3s2)c(F)c1. The Kier molecular flexibility index (Phi) is 5.50. The van der Waals surface area contributed by atoms with E-state index < -0.39 is 12.4 Å². The van der Waals surface area contributed by atoms with Gasteiger partial charge in [-0.3, -0.25) is 4.90 Å². The molecule has 2 fully saturated rings. The predicted molar refractivity (Wildman–Crippen MR) is 132 cm³/mol. The van der Waals surface area contributed by atoms with Crippen LogP contribution in [0, 0.1) is 5.82 Å². The number of hydrogen-bond donors (Lipinski definition) is 1. The molecule has 1 aliphatic carbocycles. The molecule has 0 amide bonds. The Morgan fingerprint density at radius 1 is 1.14 bits per heavy atom. The molecule has 2 aromatic carbocycles. The van der Waals surface area contributed by atoms with Crippen molar-refractivity contribution >= 4 is 27.8 Å². The van der Waals surface area contributed by atoms with Crippen molar-refractivity contribution in [1.29, 1.82) is 0 Å². The Balaban J connectivity index is 1.25. The zero-order valence-corrected chi connectivity index (χ0v) is 19.8. The van der Waals surface area contributed by atoms with Crippen LogP contribution >= 0.6 is 11.3 Å². The van der Waals surface area contributed by atoms with Gasteiger partial charge in [-0.2, -0.15) is 0 Å². The Labute approximate surface area is 206 Å². The van der Waals surface area contributed by atoms with Gasteiger partial charge in [-0.25, -0.2) is 19.2 Å². The van der Waals surface area contributed by atoms with Crippen molar-refractivity contribution in [2.75, 3.05) is 6.54 Å². The van der Waals surface area contributed by atoms with E-state index >= 15 is 4.39 Å². The van der Waals surface area contributed by atoms with E-state index in [1.54, 1.807) is 6.07 Å². The lowest BCUT2D eigenvalue weighted by molar-refractivity contribution is -0.0169. The molecule has 2 aliphatic rings. The largest absolute Gasteiger partial charge is 0.507 e.